The van der Waals surface area contributed by atoms with E-state index >= 15 is 0 Å². The Morgan fingerprint density at radius 2 is 1.88 bits per heavy atom. The van der Waals surface area contributed by atoms with E-state index in [1.165, 1.54) is 5.57 Å². The first-order valence-electron chi connectivity index (χ1n) is 9.83. The van der Waals surface area contributed by atoms with E-state index < -0.39 is 5.60 Å². The Bertz CT molecular complexity index is 596. The van der Waals surface area contributed by atoms with Gasteiger partial charge in [0.15, 0.2) is 0 Å². The van der Waals surface area contributed by atoms with Gasteiger partial charge in [-0.1, -0.05) is 25.5 Å². The molecule has 2 N–H and O–H groups in total. The van der Waals surface area contributed by atoms with Crippen LogP contribution in [0.25, 0.3) is 0 Å². The monoisotopic (exact) mass is 332 g/mol. The lowest BCUT2D eigenvalue weighted by Crippen LogP contribution is -2.63. The second-order valence-electron chi connectivity index (χ2n) is 9.58. The molecule has 134 valence electrons. The van der Waals surface area contributed by atoms with Crippen molar-refractivity contribution < 1.29 is 15.0 Å². The number of Topliss-reactive ketones (excluding diaryl/α,β-unsaturated/α-hetero) is 1. The minimum absolute atomic E-state index is 0.0681. The Morgan fingerprint density at radius 3 is 2.58 bits per heavy atom. The third-order valence-electron chi connectivity index (χ3n) is 8.76. The standard InChI is InChI=1S/C21H32O3/c1-13(22)16-6-7-17-18-5-4-14-12-15(23)8-9-20(14,3)21(18,24)11-10-19(16,17)2/h4,15-18,23-24H,5-12H2,1-3H3. The van der Waals surface area contributed by atoms with Crippen molar-refractivity contribution in [3.05, 3.63) is 11.6 Å². The van der Waals surface area contributed by atoms with Crippen LogP contribution in [-0.4, -0.2) is 27.7 Å². The number of ketones is 1. The van der Waals surface area contributed by atoms with Crippen LogP contribution < -0.4 is 0 Å². The van der Waals surface area contributed by atoms with Crippen molar-refractivity contribution in [3.8, 4) is 0 Å². The molecule has 3 nitrogen and oxygen atoms in total. The summed E-state index contributed by atoms with van der Waals surface area (Å²) in [5.41, 5.74) is 0.501. The van der Waals surface area contributed by atoms with Gasteiger partial charge in [0.2, 0.25) is 0 Å². The van der Waals surface area contributed by atoms with E-state index in [4.69, 9.17) is 0 Å². The summed E-state index contributed by atoms with van der Waals surface area (Å²) in [7, 11) is 0. The highest BCUT2D eigenvalue weighted by atomic mass is 16.3. The zero-order valence-corrected chi connectivity index (χ0v) is 15.3. The molecule has 0 aromatic carbocycles. The van der Waals surface area contributed by atoms with Gasteiger partial charge in [0.05, 0.1) is 11.7 Å². The molecule has 0 amide bonds. The van der Waals surface area contributed by atoms with Gasteiger partial charge >= 0.3 is 0 Å². The Kier molecular flexibility index (Phi) is 3.61. The Morgan fingerprint density at radius 1 is 1.12 bits per heavy atom. The van der Waals surface area contributed by atoms with Crippen LogP contribution in [0.3, 0.4) is 0 Å². The van der Waals surface area contributed by atoms with Gasteiger partial charge in [0.1, 0.15) is 5.78 Å². The van der Waals surface area contributed by atoms with Gasteiger partial charge in [0.25, 0.3) is 0 Å². The van der Waals surface area contributed by atoms with Crippen LogP contribution in [-0.2, 0) is 4.79 Å². The van der Waals surface area contributed by atoms with Crippen molar-refractivity contribution >= 4 is 5.78 Å². The molecule has 4 rings (SSSR count). The van der Waals surface area contributed by atoms with Crippen LogP contribution >= 0.6 is 0 Å². The van der Waals surface area contributed by atoms with Gasteiger partial charge in [-0.25, -0.2) is 0 Å². The Hall–Kier alpha value is -0.670. The van der Waals surface area contributed by atoms with E-state index in [1.807, 2.05) is 0 Å². The quantitative estimate of drug-likeness (QED) is 0.721. The van der Waals surface area contributed by atoms with E-state index in [1.54, 1.807) is 6.92 Å². The lowest BCUT2D eigenvalue weighted by atomic mass is 9.45. The number of carbonyl (C=O) groups is 1. The van der Waals surface area contributed by atoms with Gasteiger partial charge in [-0.15, -0.1) is 0 Å². The molecule has 0 heterocycles. The average Bonchev–Trinajstić information content (AvgIpc) is 2.87. The largest absolute Gasteiger partial charge is 0.393 e. The number of fused-ring (bicyclic) bond motifs is 5. The summed E-state index contributed by atoms with van der Waals surface area (Å²) in [5.74, 6) is 1.24. The second-order valence-corrected chi connectivity index (χ2v) is 9.58. The number of aliphatic hydroxyl groups excluding tert-OH is 1. The summed E-state index contributed by atoms with van der Waals surface area (Å²) < 4.78 is 0. The summed E-state index contributed by atoms with van der Waals surface area (Å²) in [6, 6.07) is 0. The maximum Gasteiger partial charge on any atom is 0.133 e. The number of carbonyl (C=O) groups excluding carboxylic acids is 1. The van der Waals surface area contributed by atoms with Crippen LogP contribution in [0.1, 0.15) is 72.1 Å². The van der Waals surface area contributed by atoms with Crippen LogP contribution in [0.2, 0.25) is 0 Å². The van der Waals surface area contributed by atoms with Crippen LogP contribution in [0.5, 0.6) is 0 Å². The molecule has 0 aromatic heterocycles. The van der Waals surface area contributed by atoms with E-state index in [0.717, 1.165) is 51.4 Å². The van der Waals surface area contributed by atoms with Crippen molar-refractivity contribution in [2.75, 3.05) is 0 Å². The normalized spacial score (nSPS) is 53.6. The minimum Gasteiger partial charge on any atom is -0.393 e. The third-order valence-corrected chi connectivity index (χ3v) is 8.76. The van der Waals surface area contributed by atoms with Crippen molar-refractivity contribution in [2.45, 2.75) is 83.8 Å². The smallest absolute Gasteiger partial charge is 0.133 e. The number of hydrogen-bond acceptors (Lipinski definition) is 3. The molecule has 0 saturated heterocycles. The lowest BCUT2D eigenvalue weighted by Gasteiger charge is -2.62. The summed E-state index contributed by atoms with van der Waals surface area (Å²) in [6.45, 7) is 6.29. The van der Waals surface area contributed by atoms with Crippen molar-refractivity contribution in [2.24, 2.45) is 28.6 Å². The zero-order chi connectivity index (χ0) is 17.3. The third kappa shape index (κ3) is 1.94. The number of aliphatic hydroxyl groups is 2. The molecule has 0 bridgehead atoms. The predicted octanol–water partition coefficient (Wildman–Crippen LogP) is 3.63. The maximum absolute atomic E-state index is 12.2. The van der Waals surface area contributed by atoms with Crippen molar-refractivity contribution in [1.82, 2.24) is 0 Å². The zero-order valence-electron chi connectivity index (χ0n) is 15.3. The Labute approximate surface area is 145 Å². The molecule has 4 aliphatic rings. The first kappa shape index (κ1) is 16.8. The van der Waals surface area contributed by atoms with Gasteiger partial charge in [0, 0.05) is 11.3 Å². The van der Waals surface area contributed by atoms with Crippen LogP contribution in [0.4, 0.5) is 0 Å². The first-order valence-corrected chi connectivity index (χ1v) is 9.83. The molecular formula is C21H32O3. The van der Waals surface area contributed by atoms with E-state index in [0.29, 0.717) is 11.7 Å². The number of hydrogen-bond donors (Lipinski definition) is 2. The van der Waals surface area contributed by atoms with Crippen LogP contribution in [0, 0.1) is 28.6 Å². The molecule has 0 aliphatic heterocycles. The van der Waals surface area contributed by atoms with Crippen molar-refractivity contribution in [3.63, 3.8) is 0 Å². The van der Waals surface area contributed by atoms with Gasteiger partial charge in [-0.3, -0.25) is 4.79 Å². The topological polar surface area (TPSA) is 57.5 Å². The summed E-state index contributed by atoms with van der Waals surface area (Å²) >= 11 is 0. The van der Waals surface area contributed by atoms with E-state index in [9.17, 15) is 15.0 Å². The lowest BCUT2D eigenvalue weighted by molar-refractivity contribution is -0.188. The number of rotatable bonds is 1. The molecule has 3 fully saturated rings. The fourth-order valence-corrected chi connectivity index (χ4v) is 7.24. The average molecular weight is 332 g/mol. The fourth-order valence-electron chi connectivity index (χ4n) is 7.24. The molecule has 7 unspecified atom stereocenters. The van der Waals surface area contributed by atoms with Gasteiger partial charge < -0.3 is 10.2 Å². The predicted molar refractivity (Wildman–Crippen MR) is 93.3 cm³/mol. The van der Waals surface area contributed by atoms with Gasteiger partial charge in [-0.05, 0) is 75.5 Å². The Balaban J connectivity index is 1.73. The second kappa shape index (κ2) is 5.17. The minimum atomic E-state index is -0.660. The maximum atomic E-state index is 12.2. The molecule has 7 atom stereocenters. The van der Waals surface area contributed by atoms with E-state index in [2.05, 4.69) is 19.9 Å². The summed E-state index contributed by atoms with van der Waals surface area (Å²) in [5, 5.41) is 22.0. The fraction of sp³-hybridized carbons (Fsp3) is 0.857. The summed E-state index contributed by atoms with van der Waals surface area (Å²) in [4.78, 5) is 12.2. The highest BCUT2D eigenvalue weighted by Crippen LogP contribution is 2.67. The number of allylic oxidation sites excluding steroid dienone is 1. The molecular weight excluding hydrogens is 300 g/mol. The molecule has 0 aromatic rings. The molecule has 3 saturated carbocycles. The molecule has 0 spiro atoms. The van der Waals surface area contributed by atoms with Crippen LogP contribution in [0.15, 0.2) is 11.6 Å². The van der Waals surface area contributed by atoms with E-state index in [-0.39, 0.29) is 28.8 Å². The molecule has 3 heteroatoms. The molecule has 0 radical (unpaired) electrons. The van der Waals surface area contributed by atoms with Gasteiger partial charge in [-0.2, -0.15) is 0 Å². The SMILES string of the molecule is CC(=O)C1CCC2C3CC=C4CC(O)CCC4(C)C3(O)CCC12C. The highest BCUT2D eigenvalue weighted by molar-refractivity contribution is 5.79. The highest BCUT2D eigenvalue weighted by Gasteiger charge is 2.65. The van der Waals surface area contributed by atoms with Crippen molar-refractivity contribution in [1.29, 1.82) is 0 Å². The molecule has 4 aliphatic carbocycles. The summed E-state index contributed by atoms with van der Waals surface area (Å²) in [6.07, 6.45) is 9.24. The molecule has 24 heavy (non-hydrogen) atoms. The first-order chi connectivity index (χ1) is 11.2.